The first-order valence-corrected chi connectivity index (χ1v) is 30.1. The minimum Gasteiger partial charge on any atom is -0.301 e. The molecule has 0 saturated heterocycles. The van der Waals surface area contributed by atoms with Crippen molar-refractivity contribution in [1.29, 1.82) is 0 Å². The van der Waals surface area contributed by atoms with Crippen LogP contribution in [0, 0.1) is 55.4 Å². The van der Waals surface area contributed by atoms with E-state index in [-0.39, 0.29) is 50.5 Å². The van der Waals surface area contributed by atoms with Crippen LogP contribution in [0.25, 0.3) is 0 Å². The Hall–Kier alpha value is -5.25. The molecular formula is C56H74Cl4N8O7S4. The third-order valence-electron chi connectivity index (χ3n) is 12.1. The molecule has 8 rings (SSSR count). The number of aromatic nitrogens is 6. The van der Waals surface area contributed by atoms with Gasteiger partial charge in [0.25, 0.3) is 16.7 Å². The number of halogens is 4. The summed E-state index contributed by atoms with van der Waals surface area (Å²) >= 11 is 24.1. The maximum absolute atomic E-state index is 12.6. The third-order valence-corrected chi connectivity index (χ3v) is 19.8. The molecule has 0 spiro atoms. The number of benzene rings is 4. The van der Waals surface area contributed by atoms with Crippen LogP contribution in [0.4, 0.5) is 0 Å². The van der Waals surface area contributed by atoms with Crippen LogP contribution in [-0.2, 0) is 74.6 Å². The Balaban J connectivity index is 0.000000356. The number of allylic oxidation sites excluding steroid dienone is 1. The molecule has 0 radical (unpaired) electrons. The Kier molecular flexibility index (Phi) is 27.0. The Bertz CT molecular complexity index is 3630. The van der Waals surface area contributed by atoms with Crippen molar-refractivity contribution in [3.63, 3.8) is 0 Å². The number of aryl methyl sites for hydroxylation is 10. The van der Waals surface area contributed by atoms with Crippen molar-refractivity contribution in [2.24, 2.45) is 14.1 Å². The minimum absolute atomic E-state index is 0. The van der Waals surface area contributed by atoms with E-state index < -0.39 is 43.2 Å². The first-order valence-electron chi connectivity index (χ1n) is 23.3. The van der Waals surface area contributed by atoms with Crippen LogP contribution in [0.5, 0.6) is 0 Å². The number of nitrogens with zero attached hydrogens (tertiary/aromatic N) is 4. The summed E-state index contributed by atoms with van der Waals surface area (Å²) in [7, 11) is 2.55. The normalized spacial score (nSPS) is 13.2. The molecule has 1 aliphatic heterocycles. The van der Waals surface area contributed by atoms with E-state index in [4.69, 9.17) is 46.4 Å². The van der Waals surface area contributed by atoms with Gasteiger partial charge in [0.05, 0.1) is 83.3 Å². The molecule has 0 fully saturated rings. The average molecular weight is 1240 g/mol. The minimum atomic E-state index is -1.20. The molecule has 4 heterocycles. The molecule has 4 unspecified atom stereocenters. The summed E-state index contributed by atoms with van der Waals surface area (Å²) in [5.74, 6) is 1.34. The van der Waals surface area contributed by atoms with Gasteiger partial charge in [0.15, 0.2) is 0 Å². The van der Waals surface area contributed by atoms with Crippen molar-refractivity contribution in [3.8, 4) is 0 Å². The van der Waals surface area contributed by atoms with Crippen molar-refractivity contribution >= 4 is 89.6 Å². The molecule has 0 aliphatic carbocycles. The number of H-pyrrole nitrogens is 4. The number of nitrogens with one attached hydrogen (secondary N) is 4. The van der Waals surface area contributed by atoms with Gasteiger partial charge in [-0.05, 0) is 155 Å². The zero-order valence-electron chi connectivity index (χ0n) is 44.3. The van der Waals surface area contributed by atoms with Crippen molar-refractivity contribution < 1.29 is 16.8 Å². The predicted octanol–water partition coefficient (Wildman–Crippen LogP) is 12.0. The number of hydrazine groups is 1. The molecule has 0 amide bonds. The monoisotopic (exact) mass is 1240 g/mol. The molecule has 0 saturated carbocycles. The van der Waals surface area contributed by atoms with Crippen LogP contribution in [0.2, 0.25) is 20.1 Å². The standard InChI is InChI=1S/C15H19ClN2OS.2C13H15ClN2O2S.C12H13ClN2O2S.3CH4/c1-10-7-15(11(2)6-14(10)16)20(19)9-13-8-12(3)17(4)18(13)5;1-8-5-12(9(2)4-11(8)14)19(18)7-10-6-13(17)15-16(10)3;1-8-5-12(9(2)4-11(8)14)19(18)7-10-6-13(17)16(3)15-10;1-7-4-11(8(2)3-10(7)13)18(17)6-9-5-12(16)15-14-9;;;/h6-8H,3,9H2,1-2,4-5H3;4-6H,7H2,1-3H3,(H,15,17);4-6,15H,7H2,1-3H3;3-5H,6H2,1-2H3,(H2,14,15,16);3*1H4. The van der Waals surface area contributed by atoms with Gasteiger partial charge in [-0.3, -0.25) is 65.9 Å². The van der Waals surface area contributed by atoms with Crippen LogP contribution in [0.3, 0.4) is 0 Å². The highest BCUT2D eigenvalue weighted by Crippen LogP contribution is 2.29. The van der Waals surface area contributed by atoms with Gasteiger partial charge in [-0.15, -0.1) is 0 Å². The lowest BCUT2D eigenvalue weighted by Crippen LogP contribution is -2.30. The molecule has 7 aromatic rings. The van der Waals surface area contributed by atoms with E-state index in [2.05, 4.69) is 27.0 Å². The van der Waals surface area contributed by atoms with E-state index in [1.54, 1.807) is 18.8 Å². The fourth-order valence-electron chi connectivity index (χ4n) is 7.49. The Morgan fingerprint density at radius 3 is 1.13 bits per heavy atom. The van der Waals surface area contributed by atoms with Gasteiger partial charge in [-0.1, -0.05) is 75.3 Å². The lowest BCUT2D eigenvalue weighted by molar-refractivity contribution is 0.134. The molecule has 4 N–H and O–H groups in total. The summed E-state index contributed by atoms with van der Waals surface area (Å²) in [6.45, 7) is 19.1. The Morgan fingerprint density at radius 2 is 0.810 bits per heavy atom. The van der Waals surface area contributed by atoms with E-state index in [1.807, 2.05) is 134 Å². The zero-order valence-corrected chi connectivity index (χ0v) is 50.5. The molecule has 1 aliphatic rings. The summed E-state index contributed by atoms with van der Waals surface area (Å²) in [5, 5.41) is 17.2. The van der Waals surface area contributed by atoms with Crippen LogP contribution in [-0.4, -0.2) is 76.5 Å². The van der Waals surface area contributed by atoms with E-state index in [0.29, 0.717) is 43.0 Å². The van der Waals surface area contributed by atoms with E-state index in [1.165, 1.54) is 22.9 Å². The molecule has 432 valence electrons. The van der Waals surface area contributed by atoms with Crippen LogP contribution >= 0.6 is 46.4 Å². The highest BCUT2D eigenvalue weighted by Gasteiger charge is 2.22. The summed E-state index contributed by atoms with van der Waals surface area (Å²) in [4.78, 5) is 36.6. The first-order chi connectivity index (χ1) is 35.5. The fourth-order valence-corrected chi connectivity index (χ4v) is 13.8. The molecule has 4 atom stereocenters. The van der Waals surface area contributed by atoms with Crippen LogP contribution in [0.1, 0.15) is 83.9 Å². The predicted molar refractivity (Wildman–Crippen MR) is 332 cm³/mol. The summed E-state index contributed by atoms with van der Waals surface area (Å²) in [6, 6.07) is 19.1. The largest absolute Gasteiger partial charge is 0.301 e. The maximum atomic E-state index is 12.6. The first kappa shape index (κ1) is 69.9. The maximum Gasteiger partial charge on any atom is 0.266 e. The molecule has 23 heteroatoms. The van der Waals surface area contributed by atoms with Gasteiger partial charge in [-0.2, -0.15) is 0 Å². The Labute approximate surface area is 494 Å². The summed E-state index contributed by atoms with van der Waals surface area (Å²) < 4.78 is 52.6. The van der Waals surface area contributed by atoms with Crippen molar-refractivity contribution in [3.05, 3.63) is 204 Å². The molecule has 0 bridgehead atoms. The Morgan fingerprint density at radius 1 is 0.430 bits per heavy atom. The molecule has 79 heavy (non-hydrogen) atoms. The van der Waals surface area contributed by atoms with Gasteiger partial charge >= 0.3 is 0 Å². The smallest absolute Gasteiger partial charge is 0.266 e. The summed E-state index contributed by atoms with van der Waals surface area (Å²) in [6.07, 6.45) is 1.97. The van der Waals surface area contributed by atoms with Crippen molar-refractivity contribution in [1.82, 2.24) is 39.8 Å². The quantitative estimate of drug-likeness (QED) is 0.0919. The van der Waals surface area contributed by atoms with Gasteiger partial charge in [-0.25, -0.2) is 0 Å². The lowest BCUT2D eigenvalue weighted by Gasteiger charge is -2.26. The van der Waals surface area contributed by atoms with E-state index >= 15 is 0 Å². The zero-order chi connectivity index (χ0) is 56.6. The summed E-state index contributed by atoms with van der Waals surface area (Å²) in [5.41, 5.74) is 10.7. The molecule has 4 aromatic carbocycles. The van der Waals surface area contributed by atoms with Crippen molar-refractivity contribution in [2.75, 3.05) is 19.8 Å². The van der Waals surface area contributed by atoms with Gasteiger partial charge in [0.1, 0.15) is 0 Å². The fraction of sp³-hybridized carbons (Fsp3) is 0.339. The van der Waals surface area contributed by atoms with Crippen LogP contribution < -0.4 is 16.7 Å². The number of aromatic amines is 4. The average Bonchev–Trinajstić information content (AvgIpc) is 4.06. The van der Waals surface area contributed by atoms with E-state index in [0.717, 1.165) is 81.2 Å². The highest BCUT2D eigenvalue weighted by atomic mass is 35.5. The second-order valence-corrected chi connectivity index (χ2v) is 25.5. The number of likely N-dealkylation sites (N-methyl/N-ethyl adjacent to an activating group) is 1. The van der Waals surface area contributed by atoms with E-state index in [9.17, 15) is 31.2 Å². The number of hydrogen-bond acceptors (Lipinski definition) is 9. The van der Waals surface area contributed by atoms with Gasteiger partial charge in [0, 0.05) is 97.5 Å². The number of hydrogen-bond donors (Lipinski definition) is 4. The topological polar surface area (TPSA) is 199 Å². The molecule has 3 aromatic heterocycles. The molecule has 15 nitrogen and oxygen atoms in total. The molecular weight excluding hydrogens is 1170 g/mol. The highest BCUT2D eigenvalue weighted by molar-refractivity contribution is 7.85. The van der Waals surface area contributed by atoms with Gasteiger partial charge in [0.2, 0.25) is 0 Å². The van der Waals surface area contributed by atoms with Crippen molar-refractivity contribution in [2.45, 2.75) is 115 Å². The second kappa shape index (κ2) is 30.5. The SMILES string of the molecule is C.C.C.C=C1C=C(CS(=O)c2cc(C)c(Cl)cc2C)N(C)N1C.Cc1cc(S(=O)Cc2cc(=O)[nH][nH]2)c(C)cc1Cl.Cc1cc(S(=O)Cc2cc(=O)[nH]n2C)c(C)cc1Cl.Cc1cc(S(=O)Cc2cc(=O)n(C)[nH]2)c(C)cc1Cl. The lowest BCUT2D eigenvalue weighted by atomic mass is 10.2. The third kappa shape index (κ3) is 18.6. The second-order valence-electron chi connectivity index (χ2n) is 18.2. The van der Waals surface area contributed by atoms with Crippen LogP contribution in [0.15, 0.2) is 125 Å². The number of rotatable bonds is 12. The van der Waals surface area contributed by atoms with Gasteiger partial charge < -0.3 is 5.10 Å².